The van der Waals surface area contributed by atoms with Gasteiger partial charge in [0.15, 0.2) is 11.0 Å². The van der Waals surface area contributed by atoms with E-state index in [1.54, 1.807) is 13.0 Å². The second-order valence-electron chi connectivity index (χ2n) is 12.5. The van der Waals surface area contributed by atoms with E-state index >= 15 is 0 Å². The van der Waals surface area contributed by atoms with Gasteiger partial charge in [0.05, 0.1) is 6.17 Å². The summed E-state index contributed by atoms with van der Waals surface area (Å²) in [5.74, 6) is -0.0583. The lowest BCUT2D eigenvalue weighted by atomic mass is 9.75. The molecule has 0 amide bonds. The Bertz CT molecular complexity index is 1600. The molecule has 0 radical (unpaired) electrons. The Morgan fingerprint density at radius 3 is 2.69 bits per heavy atom. The minimum Gasteiger partial charge on any atom is -0.507 e. The molecule has 0 saturated carbocycles. The largest absolute Gasteiger partial charge is 0.507 e. The van der Waals surface area contributed by atoms with E-state index < -0.39 is 35.4 Å². The molecule has 10 nitrogen and oxygen atoms in total. The summed E-state index contributed by atoms with van der Waals surface area (Å²) >= 11 is 0. The van der Waals surface area contributed by atoms with Crippen molar-refractivity contribution in [3.63, 3.8) is 0 Å². The van der Waals surface area contributed by atoms with Gasteiger partial charge in [-0.05, 0) is 70.7 Å². The van der Waals surface area contributed by atoms with E-state index in [2.05, 4.69) is 5.32 Å². The lowest BCUT2D eigenvalue weighted by Gasteiger charge is -2.45. The van der Waals surface area contributed by atoms with Gasteiger partial charge in [0, 0.05) is 30.0 Å². The van der Waals surface area contributed by atoms with Gasteiger partial charge in [-0.2, -0.15) is 0 Å². The van der Waals surface area contributed by atoms with Crippen molar-refractivity contribution in [2.24, 2.45) is 17.4 Å². The highest BCUT2D eigenvalue weighted by molar-refractivity contribution is 5.88. The van der Waals surface area contributed by atoms with Crippen molar-refractivity contribution in [1.29, 1.82) is 0 Å². The summed E-state index contributed by atoms with van der Waals surface area (Å²) in [6.45, 7) is 6.13. The number of aromatic hydroxyl groups is 1. The fraction of sp³-hybridized carbons (Fsp3) is 0.500. The maximum Gasteiger partial charge on any atom is 0.341 e. The van der Waals surface area contributed by atoms with Gasteiger partial charge in [-0.3, -0.25) is 4.79 Å². The molecule has 6 N–H and O–H groups in total. The molecule has 4 heterocycles. The Morgan fingerprint density at radius 1 is 1.17 bits per heavy atom. The van der Waals surface area contributed by atoms with Crippen molar-refractivity contribution in [3.8, 4) is 11.5 Å². The predicted octanol–water partition coefficient (Wildman–Crippen LogP) is 3.29. The number of hydrogen-bond donors (Lipinski definition) is 4. The SMILES string of the molecule is CNC[C@@H]1CC[C@@]2(O[C@@H]2Cc2cccc(C(N)N)c2)C(=O)O[C@@H]2[C@H](C1)c1c(cc3oc(C)cc(=O)c3c1O)OC2(C)C. The molecule has 0 aliphatic carbocycles. The second kappa shape index (κ2) is 10.4. The minimum atomic E-state index is -1.08. The first-order valence-electron chi connectivity index (χ1n) is 14.6. The number of carbonyl (C=O) groups excluding carboxylic acids is 1. The van der Waals surface area contributed by atoms with Crippen molar-refractivity contribution < 1.29 is 28.5 Å². The van der Waals surface area contributed by atoms with Crippen molar-refractivity contribution in [1.82, 2.24) is 5.32 Å². The molecule has 3 aliphatic heterocycles. The van der Waals surface area contributed by atoms with Gasteiger partial charge in [0.2, 0.25) is 0 Å². The van der Waals surface area contributed by atoms with Crippen LogP contribution >= 0.6 is 0 Å². The molecule has 3 aliphatic rings. The first-order chi connectivity index (χ1) is 19.9. The van der Waals surface area contributed by atoms with E-state index in [0.29, 0.717) is 49.3 Å². The van der Waals surface area contributed by atoms with Crippen molar-refractivity contribution in [2.45, 2.75) is 81.9 Å². The van der Waals surface area contributed by atoms with Crippen LogP contribution in [0.15, 0.2) is 45.6 Å². The molecule has 2 saturated heterocycles. The second-order valence-corrected chi connectivity index (χ2v) is 12.5. The van der Waals surface area contributed by atoms with Gasteiger partial charge >= 0.3 is 5.97 Å². The summed E-state index contributed by atoms with van der Waals surface area (Å²) in [5, 5.41) is 14.9. The molecular formula is C32H39N3O7. The average Bonchev–Trinajstić information content (AvgIpc) is 3.60. The third kappa shape index (κ3) is 4.86. The fourth-order valence-corrected chi connectivity index (χ4v) is 6.96. The van der Waals surface area contributed by atoms with E-state index in [-0.39, 0.29) is 34.2 Å². The molecule has 6 rings (SSSR count). The summed E-state index contributed by atoms with van der Waals surface area (Å²) in [5.41, 5.74) is 11.9. The van der Waals surface area contributed by atoms with Crippen molar-refractivity contribution in [3.05, 3.63) is 69.1 Å². The predicted molar refractivity (Wildman–Crippen MR) is 156 cm³/mol. The lowest BCUT2D eigenvalue weighted by Crippen LogP contribution is -2.52. The van der Waals surface area contributed by atoms with Gasteiger partial charge < -0.3 is 40.5 Å². The summed E-state index contributed by atoms with van der Waals surface area (Å²) < 4.78 is 24.7. The maximum absolute atomic E-state index is 14.0. The van der Waals surface area contributed by atoms with Crippen LogP contribution in [0.4, 0.5) is 0 Å². The molecule has 2 fully saturated rings. The van der Waals surface area contributed by atoms with Crippen LogP contribution in [0.3, 0.4) is 0 Å². The molecule has 2 aromatic carbocycles. The molecule has 10 heteroatoms. The van der Waals surface area contributed by atoms with Gasteiger partial charge in [0.25, 0.3) is 0 Å². The molecule has 1 aromatic heterocycles. The Hall–Kier alpha value is -3.44. The van der Waals surface area contributed by atoms with Gasteiger partial charge in [-0.25, -0.2) is 4.79 Å². The molecule has 224 valence electrons. The zero-order valence-electron chi connectivity index (χ0n) is 24.4. The number of phenols is 1. The summed E-state index contributed by atoms with van der Waals surface area (Å²) in [6.07, 6.45) is 0.641. The van der Waals surface area contributed by atoms with Crippen LogP contribution in [0.25, 0.3) is 11.0 Å². The number of rotatable bonds is 5. The van der Waals surface area contributed by atoms with Crippen LogP contribution in [0.1, 0.15) is 67.6 Å². The average molecular weight is 578 g/mol. The van der Waals surface area contributed by atoms with E-state index in [4.69, 9.17) is 30.1 Å². The molecular weight excluding hydrogens is 538 g/mol. The lowest BCUT2D eigenvalue weighted by molar-refractivity contribution is -0.170. The van der Waals surface area contributed by atoms with Crippen molar-refractivity contribution in [2.75, 3.05) is 13.6 Å². The Kier molecular flexibility index (Phi) is 7.08. The zero-order valence-corrected chi connectivity index (χ0v) is 24.4. The Balaban J connectivity index is 1.39. The normalized spacial score (nSPS) is 28.3. The molecule has 0 bridgehead atoms. The number of phenolic OH excluding ortho intramolecular Hbond substituents is 1. The first-order valence-corrected chi connectivity index (χ1v) is 14.6. The first kappa shape index (κ1) is 28.7. The van der Waals surface area contributed by atoms with Crippen LogP contribution in [-0.2, 0) is 20.7 Å². The number of aryl methyl sites for hydroxylation is 1. The van der Waals surface area contributed by atoms with Crippen LogP contribution < -0.4 is 26.9 Å². The number of epoxide rings is 1. The Labute approximate surface area is 244 Å². The molecule has 5 atom stereocenters. The third-order valence-electron chi connectivity index (χ3n) is 9.07. The quantitative estimate of drug-likeness (QED) is 0.201. The van der Waals surface area contributed by atoms with Crippen LogP contribution in [0, 0.1) is 12.8 Å². The zero-order chi connectivity index (χ0) is 30.0. The molecule has 3 aromatic rings. The van der Waals surface area contributed by atoms with Gasteiger partial charge in [0.1, 0.15) is 46.0 Å². The highest BCUT2D eigenvalue weighted by atomic mass is 16.7. The number of carbonyl (C=O) groups is 1. The fourth-order valence-electron chi connectivity index (χ4n) is 6.96. The smallest absolute Gasteiger partial charge is 0.341 e. The van der Waals surface area contributed by atoms with Crippen LogP contribution in [0.5, 0.6) is 11.5 Å². The maximum atomic E-state index is 14.0. The van der Waals surface area contributed by atoms with E-state index in [1.165, 1.54) is 6.07 Å². The monoisotopic (exact) mass is 577 g/mol. The van der Waals surface area contributed by atoms with Crippen LogP contribution in [0.2, 0.25) is 0 Å². The highest BCUT2D eigenvalue weighted by Crippen LogP contribution is 2.54. The number of ether oxygens (including phenoxy) is 3. The third-order valence-corrected chi connectivity index (χ3v) is 9.07. The number of benzene rings is 2. The number of fused-ring (bicyclic) bond motifs is 4. The minimum absolute atomic E-state index is 0.0965. The van der Waals surface area contributed by atoms with Crippen molar-refractivity contribution >= 4 is 16.9 Å². The summed E-state index contributed by atoms with van der Waals surface area (Å²) in [4.78, 5) is 26.9. The van der Waals surface area contributed by atoms with E-state index in [9.17, 15) is 14.7 Å². The van der Waals surface area contributed by atoms with Gasteiger partial charge in [-0.15, -0.1) is 0 Å². The van der Waals surface area contributed by atoms with Crippen LogP contribution in [-0.4, -0.2) is 48.1 Å². The molecule has 0 unspecified atom stereocenters. The number of hydrogen-bond acceptors (Lipinski definition) is 10. The number of nitrogens with two attached hydrogens (primary N) is 2. The standard InChI is InChI=1S/C32H39N3O7/c1-16-10-21(36)26-22(39-16)14-23-25(27(26)37)20-12-18(15-35-4)8-9-32(30(38)40-28(20)31(2,3)41-23)24(42-32)13-17-6-5-7-19(11-17)29(33)34/h5-7,10-11,14,18,20,24,28-29,35,37H,8-9,12-13,15,33-34H2,1-4H3/t18-,20-,24-,28-,32+/m1/s1. The Morgan fingerprint density at radius 2 is 1.95 bits per heavy atom. The topological polar surface area (TPSA) is 163 Å². The molecule has 42 heavy (non-hydrogen) atoms. The number of esters is 1. The molecule has 1 spiro atoms. The van der Waals surface area contributed by atoms with E-state index in [0.717, 1.165) is 11.1 Å². The van der Waals surface area contributed by atoms with E-state index in [1.807, 2.05) is 45.2 Å². The number of nitrogens with one attached hydrogen (secondary N) is 1. The highest BCUT2D eigenvalue weighted by Gasteiger charge is 2.65. The van der Waals surface area contributed by atoms with Gasteiger partial charge in [-0.1, -0.05) is 24.3 Å². The summed E-state index contributed by atoms with van der Waals surface area (Å²) in [6, 6.07) is 10.7. The summed E-state index contributed by atoms with van der Waals surface area (Å²) in [7, 11) is 1.90.